The minimum absolute atomic E-state index is 0.200. The highest BCUT2D eigenvalue weighted by molar-refractivity contribution is 4.93. The van der Waals surface area contributed by atoms with Gasteiger partial charge < -0.3 is 10.1 Å². The largest absolute Gasteiger partial charge is 0.377 e. The van der Waals surface area contributed by atoms with Gasteiger partial charge in [0.25, 0.3) is 0 Å². The molecule has 0 aromatic rings. The molecule has 2 rings (SSSR count). The first kappa shape index (κ1) is 10.4. The van der Waals surface area contributed by atoms with Crippen molar-refractivity contribution in [3.05, 3.63) is 0 Å². The van der Waals surface area contributed by atoms with Crippen LogP contribution in [0.4, 0.5) is 0 Å². The van der Waals surface area contributed by atoms with E-state index < -0.39 is 0 Å². The number of ether oxygens (including phenoxy) is 1. The topological polar surface area (TPSA) is 21.3 Å². The highest BCUT2D eigenvalue weighted by Crippen LogP contribution is 2.35. The fourth-order valence-corrected chi connectivity index (χ4v) is 2.75. The van der Waals surface area contributed by atoms with E-state index in [1.54, 1.807) is 0 Å². The summed E-state index contributed by atoms with van der Waals surface area (Å²) in [7, 11) is 1.86. The zero-order chi connectivity index (χ0) is 10.0. The van der Waals surface area contributed by atoms with Crippen molar-refractivity contribution in [3.8, 4) is 0 Å². The van der Waals surface area contributed by atoms with Crippen molar-refractivity contribution in [1.82, 2.24) is 5.32 Å². The Labute approximate surface area is 87.4 Å². The lowest BCUT2D eigenvalue weighted by Gasteiger charge is -2.41. The molecule has 2 heteroatoms. The van der Waals surface area contributed by atoms with Crippen LogP contribution in [0.25, 0.3) is 0 Å². The summed E-state index contributed by atoms with van der Waals surface area (Å²) in [5.74, 6) is 0.924. The lowest BCUT2D eigenvalue weighted by atomic mass is 9.80. The SMILES string of the molecule is COC1(CNC2CCC(C)C2)CCC1. The molecule has 2 fully saturated rings. The first-order valence-corrected chi connectivity index (χ1v) is 6.03. The van der Waals surface area contributed by atoms with E-state index in [-0.39, 0.29) is 5.60 Å². The first-order chi connectivity index (χ1) is 6.74. The van der Waals surface area contributed by atoms with Crippen molar-refractivity contribution in [2.75, 3.05) is 13.7 Å². The second kappa shape index (κ2) is 4.19. The summed E-state index contributed by atoms with van der Waals surface area (Å²) in [4.78, 5) is 0. The van der Waals surface area contributed by atoms with Gasteiger partial charge in [-0.05, 0) is 44.4 Å². The molecular weight excluding hydrogens is 174 g/mol. The number of nitrogens with one attached hydrogen (secondary N) is 1. The number of rotatable bonds is 4. The minimum Gasteiger partial charge on any atom is -0.377 e. The van der Waals surface area contributed by atoms with Gasteiger partial charge in [-0.1, -0.05) is 6.92 Å². The molecule has 0 spiro atoms. The molecule has 0 radical (unpaired) electrons. The second-order valence-corrected chi connectivity index (χ2v) is 5.24. The molecule has 0 heterocycles. The zero-order valence-electron chi connectivity index (χ0n) is 9.51. The smallest absolute Gasteiger partial charge is 0.0802 e. The van der Waals surface area contributed by atoms with Crippen LogP contribution in [0.5, 0.6) is 0 Å². The summed E-state index contributed by atoms with van der Waals surface area (Å²) >= 11 is 0. The fraction of sp³-hybridized carbons (Fsp3) is 1.00. The Morgan fingerprint density at radius 3 is 2.57 bits per heavy atom. The maximum atomic E-state index is 5.60. The molecule has 2 saturated carbocycles. The lowest BCUT2D eigenvalue weighted by Crippen LogP contribution is -2.49. The van der Waals surface area contributed by atoms with Gasteiger partial charge in [0.15, 0.2) is 0 Å². The van der Waals surface area contributed by atoms with Crippen LogP contribution in [-0.4, -0.2) is 25.3 Å². The molecule has 0 amide bonds. The second-order valence-electron chi connectivity index (χ2n) is 5.24. The molecule has 2 nitrogen and oxygen atoms in total. The molecule has 1 N–H and O–H groups in total. The molecule has 14 heavy (non-hydrogen) atoms. The standard InChI is InChI=1S/C12H23NO/c1-10-4-5-11(8-10)13-9-12(14-2)6-3-7-12/h10-11,13H,3-9H2,1-2H3. The number of hydrogen-bond donors (Lipinski definition) is 1. The van der Waals surface area contributed by atoms with Crippen molar-refractivity contribution in [3.63, 3.8) is 0 Å². The van der Waals surface area contributed by atoms with E-state index in [4.69, 9.17) is 4.74 Å². The highest BCUT2D eigenvalue weighted by atomic mass is 16.5. The van der Waals surface area contributed by atoms with Gasteiger partial charge in [0, 0.05) is 19.7 Å². The minimum atomic E-state index is 0.200. The molecule has 82 valence electrons. The van der Waals surface area contributed by atoms with Gasteiger partial charge in [-0.15, -0.1) is 0 Å². The monoisotopic (exact) mass is 197 g/mol. The van der Waals surface area contributed by atoms with Gasteiger partial charge in [-0.25, -0.2) is 0 Å². The van der Waals surface area contributed by atoms with Crippen molar-refractivity contribution in [1.29, 1.82) is 0 Å². The van der Waals surface area contributed by atoms with Crippen LogP contribution in [0.3, 0.4) is 0 Å². The summed E-state index contributed by atoms with van der Waals surface area (Å²) in [5.41, 5.74) is 0.200. The van der Waals surface area contributed by atoms with Crippen LogP contribution in [0.2, 0.25) is 0 Å². The molecule has 0 aromatic heterocycles. The average molecular weight is 197 g/mol. The Bertz CT molecular complexity index is 183. The number of methoxy groups -OCH3 is 1. The Morgan fingerprint density at radius 2 is 2.14 bits per heavy atom. The zero-order valence-corrected chi connectivity index (χ0v) is 9.51. The highest BCUT2D eigenvalue weighted by Gasteiger charge is 2.37. The van der Waals surface area contributed by atoms with E-state index >= 15 is 0 Å². The van der Waals surface area contributed by atoms with Crippen LogP contribution < -0.4 is 5.32 Å². The summed E-state index contributed by atoms with van der Waals surface area (Å²) in [6.07, 6.45) is 7.96. The Morgan fingerprint density at radius 1 is 1.36 bits per heavy atom. The molecule has 2 atom stereocenters. The predicted octanol–water partition coefficient (Wildman–Crippen LogP) is 2.33. The molecule has 2 aliphatic carbocycles. The van der Waals surface area contributed by atoms with Crippen LogP contribution in [0, 0.1) is 5.92 Å². The molecule has 0 aromatic carbocycles. The molecular formula is C12H23NO. The molecule has 0 saturated heterocycles. The third-order valence-electron chi connectivity index (χ3n) is 4.11. The average Bonchev–Trinajstić information content (AvgIpc) is 2.50. The van der Waals surface area contributed by atoms with Crippen molar-refractivity contribution >= 4 is 0 Å². The molecule has 0 bridgehead atoms. The Hall–Kier alpha value is -0.0800. The maximum Gasteiger partial charge on any atom is 0.0802 e. The normalized spacial score (nSPS) is 35.6. The van der Waals surface area contributed by atoms with Crippen LogP contribution in [0.1, 0.15) is 45.4 Å². The van der Waals surface area contributed by atoms with Crippen molar-refractivity contribution in [2.45, 2.75) is 57.1 Å². The van der Waals surface area contributed by atoms with E-state index in [9.17, 15) is 0 Å². The van der Waals surface area contributed by atoms with Crippen LogP contribution in [0.15, 0.2) is 0 Å². The van der Waals surface area contributed by atoms with Gasteiger partial charge in [0.1, 0.15) is 0 Å². The Balaban J connectivity index is 1.71. The third-order valence-corrected chi connectivity index (χ3v) is 4.11. The van der Waals surface area contributed by atoms with Crippen LogP contribution in [-0.2, 0) is 4.74 Å². The van der Waals surface area contributed by atoms with Gasteiger partial charge in [-0.2, -0.15) is 0 Å². The molecule has 2 unspecified atom stereocenters. The lowest BCUT2D eigenvalue weighted by molar-refractivity contribution is -0.0707. The van der Waals surface area contributed by atoms with Crippen molar-refractivity contribution in [2.24, 2.45) is 5.92 Å². The van der Waals surface area contributed by atoms with E-state index in [2.05, 4.69) is 12.2 Å². The summed E-state index contributed by atoms with van der Waals surface area (Å²) < 4.78 is 5.60. The first-order valence-electron chi connectivity index (χ1n) is 6.03. The van der Waals surface area contributed by atoms with Gasteiger partial charge >= 0.3 is 0 Å². The molecule has 0 aliphatic heterocycles. The maximum absolute atomic E-state index is 5.60. The summed E-state index contributed by atoms with van der Waals surface area (Å²) in [6.45, 7) is 3.43. The van der Waals surface area contributed by atoms with E-state index in [1.165, 1.54) is 38.5 Å². The van der Waals surface area contributed by atoms with Crippen LogP contribution >= 0.6 is 0 Å². The summed E-state index contributed by atoms with van der Waals surface area (Å²) in [6, 6.07) is 0.762. The van der Waals surface area contributed by atoms with E-state index in [0.717, 1.165) is 18.5 Å². The van der Waals surface area contributed by atoms with Gasteiger partial charge in [-0.3, -0.25) is 0 Å². The fourth-order valence-electron chi connectivity index (χ4n) is 2.75. The van der Waals surface area contributed by atoms with E-state index in [0.29, 0.717) is 0 Å². The van der Waals surface area contributed by atoms with Gasteiger partial charge in [0.05, 0.1) is 5.60 Å². The predicted molar refractivity (Wildman–Crippen MR) is 58.4 cm³/mol. The summed E-state index contributed by atoms with van der Waals surface area (Å²) in [5, 5.41) is 3.68. The van der Waals surface area contributed by atoms with Gasteiger partial charge in [0.2, 0.25) is 0 Å². The van der Waals surface area contributed by atoms with Crippen molar-refractivity contribution < 1.29 is 4.74 Å². The number of hydrogen-bond acceptors (Lipinski definition) is 2. The Kier molecular flexibility index (Phi) is 3.13. The third kappa shape index (κ3) is 2.12. The van der Waals surface area contributed by atoms with E-state index in [1.807, 2.05) is 7.11 Å². The molecule has 2 aliphatic rings. The quantitative estimate of drug-likeness (QED) is 0.747.